The van der Waals surface area contributed by atoms with Crippen LogP contribution in [0, 0.1) is 0 Å². The molecule has 1 saturated carbocycles. The monoisotopic (exact) mass is 263 g/mol. The SMILES string of the molecule is COC1(CNCc2cccc(C(=O)O)c2)CCCC1. The maximum absolute atomic E-state index is 10.9. The summed E-state index contributed by atoms with van der Waals surface area (Å²) >= 11 is 0. The van der Waals surface area contributed by atoms with Crippen molar-refractivity contribution in [3.05, 3.63) is 35.4 Å². The predicted octanol–water partition coefficient (Wildman–Crippen LogP) is 2.43. The number of rotatable bonds is 6. The zero-order chi connectivity index (χ0) is 13.7. The molecule has 0 spiro atoms. The second-order valence-corrected chi connectivity index (χ2v) is 5.20. The average Bonchev–Trinajstić information content (AvgIpc) is 2.88. The Labute approximate surface area is 113 Å². The summed E-state index contributed by atoms with van der Waals surface area (Å²) in [7, 11) is 1.78. The van der Waals surface area contributed by atoms with E-state index in [9.17, 15) is 4.79 Å². The highest BCUT2D eigenvalue weighted by Crippen LogP contribution is 2.31. The molecule has 0 radical (unpaired) electrons. The van der Waals surface area contributed by atoms with Crippen molar-refractivity contribution in [2.75, 3.05) is 13.7 Å². The normalized spacial score (nSPS) is 17.5. The number of aromatic carboxylic acids is 1. The molecule has 0 unspecified atom stereocenters. The van der Waals surface area contributed by atoms with Gasteiger partial charge in [0.1, 0.15) is 0 Å². The van der Waals surface area contributed by atoms with Crippen LogP contribution in [0.5, 0.6) is 0 Å². The maximum atomic E-state index is 10.9. The summed E-state index contributed by atoms with van der Waals surface area (Å²) in [5.41, 5.74) is 1.30. The molecular formula is C15H21NO3. The molecule has 0 bridgehead atoms. The van der Waals surface area contributed by atoms with Crippen LogP contribution in [0.2, 0.25) is 0 Å². The van der Waals surface area contributed by atoms with Gasteiger partial charge in [-0.1, -0.05) is 25.0 Å². The number of carboxylic acids is 1. The smallest absolute Gasteiger partial charge is 0.335 e. The van der Waals surface area contributed by atoms with E-state index in [4.69, 9.17) is 9.84 Å². The van der Waals surface area contributed by atoms with Crippen molar-refractivity contribution < 1.29 is 14.6 Å². The quantitative estimate of drug-likeness (QED) is 0.827. The van der Waals surface area contributed by atoms with E-state index >= 15 is 0 Å². The first kappa shape index (κ1) is 14.0. The molecule has 4 heteroatoms. The summed E-state index contributed by atoms with van der Waals surface area (Å²) in [5, 5.41) is 12.3. The minimum atomic E-state index is -0.883. The Morgan fingerprint density at radius 1 is 1.42 bits per heavy atom. The number of methoxy groups -OCH3 is 1. The van der Waals surface area contributed by atoms with Gasteiger partial charge in [-0.05, 0) is 30.5 Å². The van der Waals surface area contributed by atoms with E-state index in [1.807, 2.05) is 6.07 Å². The largest absolute Gasteiger partial charge is 0.478 e. The Balaban J connectivity index is 1.88. The third-order valence-electron chi connectivity index (χ3n) is 3.90. The molecule has 0 aliphatic heterocycles. The molecule has 1 aromatic rings. The third kappa shape index (κ3) is 3.55. The van der Waals surface area contributed by atoms with Gasteiger partial charge < -0.3 is 15.2 Å². The number of carboxylic acid groups (broad SMARTS) is 1. The topological polar surface area (TPSA) is 58.6 Å². The summed E-state index contributed by atoms with van der Waals surface area (Å²) in [6, 6.07) is 7.04. The first-order valence-electron chi connectivity index (χ1n) is 6.73. The molecule has 19 heavy (non-hydrogen) atoms. The van der Waals surface area contributed by atoms with Crippen LogP contribution in [0.1, 0.15) is 41.6 Å². The number of ether oxygens (including phenoxy) is 1. The van der Waals surface area contributed by atoms with Crippen LogP contribution in [0.25, 0.3) is 0 Å². The van der Waals surface area contributed by atoms with E-state index < -0.39 is 5.97 Å². The fraction of sp³-hybridized carbons (Fsp3) is 0.533. The van der Waals surface area contributed by atoms with Crippen molar-refractivity contribution in [2.45, 2.75) is 37.8 Å². The summed E-state index contributed by atoms with van der Waals surface area (Å²) in [4.78, 5) is 10.9. The molecule has 2 N–H and O–H groups in total. The number of benzene rings is 1. The Morgan fingerprint density at radius 2 is 2.16 bits per heavy atom. The van der Waals surface area contributed by atoms with Gasteiger partial charge in [0, 0.05) is 20.2 Å². The molecule has 0 atom stereocenters. The van der Waals surface area contributed by atoms with Gasteiger partial charge in [-0.15, -0.1) is 0 Å². The lowest BCUT2D eigenvalue weighted by molar-refractivity contribution is -0.00344. The molecular weight excluding hydrogens is 242 g/mol. The summed E-state index contributed by atoms with van der Waals surface area (Å²) < 4.78 is 5.64. The second kappa shape index (κ2) is 6.17. The molecule has 4 nitrogen and oxygen atoms in total. The van der Waals surface area contributed by atoms with E-state index in [2.05, 4.69) is 5.32 Å². The van der Waals surface area contributed by atoms with Crippen molar-refractivity contribution >= 4 is 5.97 Å². The number of hydrogen-bond acceptors (Lipinski definition) is 3. The summed E-state index contributed by atoms with van der Waals surface area (Å²) in [6.45, 7) is 1.49. The fourth-order valence-corrected chi connectivity index (χ4v) is 2.72. The molecule has 104 valence electrons. The fourth-order valence-electron chi connectivity index (χ4n) is 2.72. The highest BCUT2D eigenvalue weighted by Gasteiger charge is 2.32. The molecule has 0 amide bonds. The van der Waals surface area contributed by atoms with Crippen molar-refractivity contribution in [3.8, 4) is 0 Å². The maximum Gasteiger partial charge on any atom is 0.335 e. The van der Waals surface area contributed by atoms with Crippen LogP contribution in [0.15, 0.2) is 24.3 Å². The minimum Gasteiger partial charge on any atom is -0.478 e. The lowest BCUT2D eigenvalue weighted by Crippen LogP contribution is -2.39. The predicted molar refractivity (Wildman–Crippen MR) is 73.3 cm³/mol. The number of hydrogen-bond donors (Lipinski definition) is 2. The minimum absolute atomic E-state index is 0.0234. The zero-order valence-electron chi connectivity index (χ0n) is 11.3. The van der Waals surface area contributed by atoms with Crippen molar-refractivity contribution in [2.24, 2.45) is 0 Å². The standard InChI is InChI=1S/C15H21NO3/c1-19-15(7-2-3-8-15)11-16-10-12-5-4-6-13(9-12)14(17)18/h4-6,9,16H,2-3,7-8,10-11H2,1H3,(H,17,18). The van der Waals surface area contributed by atoms with Crippen molar-refractivity contribution in [3.63, 3.8) is 0 Å². The van der Waals surface area contributed by atoms with Gasteiger partial charge in [0.15, 0.2) is 0 Å². The summed E-state index contributed by atoms with van der Waals surface area (Å²) in [6.07, 6.45) is 4.66. The molecule has 0 heterocycles. The van der Waals surface area contributed by atoms with Gasteiger partial charge in [-0.25, -0.2) is 4.79 Å². The molecule has 1 aliphatic rings. The second-order valence-electron chi connectivity index (χ2n) is 5.20. The van der Waals surface area contributed by atoms with Crippen LogP contribution < -0.4 is 5.32 Å². The Hall–Kier alpha value is -1.39. The van der Waals surface area contributed by atoms with Gasteiger partial charge in [-0.3, -0.25) is 0 Å². The van der Waals surface area contributed by atoms with Gasteiger partial charge in [-0.2, -0.15) is 0 Å². The Bertz CT molecular complexity index is 439. The number of carbonyl (C=O) groups is 1. The highest BCUT2D eigenvalue weighted by atomic mass is 16.5. The van der Waals surface area contributed by atoms with Gasteiger partial charge >= 0.3 is 5.97 Å². The molecule has 1 aliphatic carbocycles. The third-order valence-corrected chi connectivity index (χ3v) is 3.90. The van der Waals surface area contributed by atoms with E-state index in [-0.39, 0.29) is 5.60 Å². The van der Waals surface area contributed by atoms with E-state index in [0.29, 0.717) is 12.1 Å². The molecule has 1 aromatic carbocycles. The van der Waals surface area contributed by atoms with Crippen LogP contribution in [0.4, 0.5) is 0 Å². The highest BCUT2D eigenvalue weighted by molar-refractivity contribution is 5.87. The average molecular weight is 263 g/mol. The van der Waals surface area contributed by atoms with E-state index in [1.165, 1.54) is 12.8 Å². The summed E-state index contributed by atoms with van der Waals surface area (Å²) in [5.74, 6) is -0.883. The van der Waals surface area contributed by atoms with Crippen LogP contribution in [0.3, 0.4) is 0 Å². The molecule has 0 saturated heterocycles. The van der Waals surface area contributed by atoms with Gasteiger partial charge in [0.2, 0.25) is 0 Å². The Kier molecular flexibility index (Phi) is 4.56. The Morgan fingerprint density at radius 3 is 2.79 bits per heavy atom. The van der Waals surface area contributed by atoms with Crippen molar-refractivity contribution in [1.82, 2.24) is 5.32 Å². The van der Waals surface area contributed by atoms with Crippen LogP contribution in [-0.4, -0.2) is 30.3 Å². The zero-order valence-corrected chi connectivity index (χ0v) is 11.3. The van der Waals surface area contributed by atoms with Crippen molar-refractivity contribution in [1.29, 1.82) is 0 Å². The molecule has 0 aromatic heterocycles. The van der Waals surface area contributed by atoms with E-state index in [0.717, 1.165) is 24.9 Å². The van der Waals surface area contributed by atoms with Gasteiger partial charge in [0.25, 0.3) is 0 Å². The lowest BCUT2D eigenvalue weighted by Gasteiger charge is -2.27. The first-order valence-corrected chi connectivity index (χ1v) is 6.73. The molecule has 2 rings (SSSR count). The number of nitrogens with one attached hydrogen (secondary N) is 1. The molecule has 1 fully saturated rings. The van der Waals surface area contributed by atoms with Crippen LogP contribution >= 0.6 is 0 Å². The van der Waals surface area contributed by atoms with Gasteiger partial charge in [0.05, 0.1) is 11.2 Å². The van der Waals surface area contributed by atoms with Crippen LogP contribution in [-0.2, 0) is 11.3 Å². The lowest BCUT2D eigenvalue weighted by atomic mass is 10.0. The van der Waals surface area contributed by atoms with E-state index in [1.54, 1.807) is 25.3 Å². The first-order chi connectivity index (χ1) is 9.15.